The van der Waals surface area contributed by atoms with Crippen LogP contribution in [0.3, 0.4) is 0 Å². The molecule has 6 nitrogen and oxygen atoms in total. The fraction of sp³-hybridized carbons (Fsp3) is 0. The van der Waals surface area contributed by atoms with E-state index in [0.717, 1.165) is 11.3 Å². The molecule has 10 heteroatoms. The Kier molecular flexibility index (Phi) is 3.44. The van der Waals surface area contributed by atoms with Gasteiger partial charge in [0.05, 0.1) is 11.1 Å². The summed E-state index contributed by atoms with van der Waals surface area (Å²) >= 11 is 4.16. The molecule has 22 heavy (non-hydrogen) atoms. The molecule has 0 unspecified atom stereocenters. The molecule has 0 saturated carbocycles. The lowest BCUT2D eigenvalue weighted by Gasteiger charge is -2.09. The van der Waals surface area contributed by atoms with E-state index in [9.17, 15) is 18.4 Å². The lowest BCUT2D eigenvalue weighted by atomic mass is 10.1. The molecule has 3 rings (SSSR count). The summed E-state index contributed by atoms with van der Waals surface area (Å²) < 4.78 is 28.5. The van der Waals surface area contributed by atoms with E-state index in [1.54, 1.807) is 11.4 Å². The minimum absolute atomic E-state index is 0.0848. The SMILES string of the molecule is [N-]=[N+]=NC(=O)c1c(F)c(F)c2[nH]c(=O)c3sccc3c2c1Br. The third-order valence-corrected chi connectivity index (χ3v) is 4.76. The van der Waals surface area contributed by atoms with E-state index in [1.165, 1.54) is 0 Å². The predicted octanol–water partition coefficient (Wildman–Crippen LogP) is 4.23. The van der Waals surface area contributed by atoms with Gasteiger partial charge in [0, 0.05) is 20.2 Å². The molecular formula is C12H3BrF2N4O2S. The summed E-state index contributed by atoms with van der Waals surface area (Å²) in [5.74, 6) is -4.15. The number of carbonyl (C=O) groups excluding carboxylic acids is 1. The van der Waals surface area contributed by atoms with Gasteiger partial charge in [0.25, 0.3) is 11.5 Å². The molecule has 0 aliphatic heterocycles. The Morgan fingerprint density at radius 3 is 2.82 bits per heavy atom. The van der Waals surface area contributed by atoms with E-state index in [0.29, 0.717) is 10.1 Å². The second-order valence-corrected chi connectivity index (χ2v) is 5.89. The fourth-order valence-corrected chi connectivity index (χ4v) is 3.71. The van der Waals surface area contributed by atoms with E-state index in [2.05, 4.69) is 30.9 Å². The molecule has 0 spiro atoms. The van der Waals surface area contributed by atoms with Crippen molar-refractivity contribution in [1.29, 1.82) is 0 Å². The maximum Gasteiger partial charge on any atom is 0.266 e. The molecule has 0 bridgehead atoms. The summed E-state index contributed by atoms with van der Waals surface area (Å²) in [6, 6.07) is 1.56. The second kappa shape index (κ2) is 5.16. The number of hydrogen-bond acceptors (Lipinski definition) is 3. The van der Waals surface area contributed by atoms with Gasteiger partial charge in [0.15, 0.2) is 11.6 Å². The van der Waals surface area contributed by atoms with Gasteiger partial charge in [0.1, 0.15) is 4.70 Å². The van der Waals surface area contributed by atoms with Crippen LogP contribution < -0.4 is 5.56 Å². The molecule has 2 aromatic heterocycles. The first-order valence-electron chi connectivity index (χ1n) is 5.66. The van der Waals surface area contributed by atoms with Crippen LogP contribution in [0.5, 0.6) is 0 Å². The van der Waals surface area contributed by atoms with Crippen LogP contribution in [0.4, 0.5) is 8.78 Å². The molecule has 0 saturated heterocycles. The number of aromatic amines is 1. The van der Waals surface area contributed by atoms with Gasteiger partial charge < -0.3 is 4.98 Å². The van der Waals surface area contributed by atoms with Gasteiger partial charge in [-0.05, 0) is 38.0 Å². The zero-order chi connectivity index (χ0) is 16.0. The Morgan fingerprint density at radius 2 is 2.14 bits per heavy atom. The minimum Gasteiger partial charge on any atom is -0.318 e. The Hall–Kier alpha value is -2.29. The summed E-state index contributed by atoms with van der Waals surface area (Å²) in [5, 5.41) is 4.89. The van der Waals surface area contributed by atoms with E-state index in [-0.39, 0.29) is 15.4 Å². The summed E-state index contributed by atoms with van der Waals surface area (Å²) in [5.41, 5.74) is 6.66. The molecule has 1 N–H and O–H groups in total. The van der Waals surface area contributed by atoms with E-state index >= 15 is 0 Å². The van der Waals surface area contributed by atoms with Crippen LogP contribution in [0.15, 0.2) is 25.8 Å². The Labute approximate surface area is 132 Å². The standard InChI is InChI=1S/C12H3BrF2N4O2S/c13-6-4-3-1-2-22-10(3)12(21)17-9(4)8(15)7(14)5(6)11(20)18-19-16/h1-2H,(H,17,21). The second-order valence-electron chi connectivity index (χ2n) is 4.18. The van der Waals surface area contributed by atoms with E-state index in [1.807, 2.05) is 0 Å². The maximum atomic E-state index is 14.2. The first-order chi connectivity index (χ1) is 10.5. The van der Waals surface area contributed by atoms with E-state index < -0.39 is 28.7 Å². The van der Waals surface area contributed by atoms with Crippen LogP contribution in [0, 0.1) is 11.6 Å². The van der Waals surface area contributed by atoms with Crippen LogP contribution in [-0.2, 0) is 0 Å². The predicted molar refractivity (Wildman–Crippen MR) is 81.0 cm³/mol. The highest BCUT2D eigenvalue weighted by Gasteiger charge is 2.25. The van der Waals surface area contributed by atoms with Crippen molar-refractivity contribution in [3.8, 4) is 0 Å². The summed E-state index contributed by atoms with van der Waals surface area (Å²) in [7, 11) is 0. The monoisotopic (exact) mass is 384 g/mol. The van der Waals surface area contributed by atoms with Crippen molar-refractivity contribution >= 4 is 54.2 Å². The molecule has 1 aromatic carbocycles. The molecular weight excluding hydrogens is 382 g/mol. The normalized spacial score (nSPS) is 10.9. The number of fused-ring (bicyclic) bond motifs is 3. The molecule has 3 aromatic rings. The lowest BCUT2D eigenvalue weighted by molar-refractivity contribution is 0.0995. The van der Waals surface area contributed by atoms with Crippen molar-refractivity contribution < 1.29 is 13.6 Å². The number of rotatable bonds is 1. The van der Waals surface area contributed by atoms with Crippen LogP contribution >= 0.6 is 27.3 Å². The quantitative estimate of drug-likeness (QED) is 0.293. The lowest BCUT2D eigenvalue weighted by Crippen LogP contribution is -2.10. The van der Waals surface area contributed by atoms with Crippen LogP contribution in [-0.4, -0.2) is 10.9 Å². The van der Waals surface area contributed by atoms with Crippen molar-refractivity contribution in [1.82, 2.24) is 4.98 Å². The number of aromatic nitrogens is 1. The number of azide groups is 1. The smallest absolute Gasteiger partial charge is 0.266 e. The van der Waals surface area contributed by atoms with Gasteiger partial charge in [-0.25, -0.2) is 8.78 Å². The molecule has 0 fully saturated rings. The summed E-state index contributed by atoms with van der Waals surface area (Å²) in [4.78, 5) is 28.1. The van der Waals surface area contributed by atoms with Crippen molar-refractivity contribution in [3.05, 3.63) is 53.9 Å². The number of H-pyrrole nitrogens is 1. The van der Waals surface area contributed by atoms with E-state index in [4.69, 9.17) is 5.53 Å². The number of hydrogen-bond donors (Lipinski definition) is 1. The first-order valence-corrected chi connectivity index (χ1v) is 7.33. The van der Waals surface area contributed by atoms with Crippen molar-refractivity contribution in [3.63, 3.8) is 0 Å². The van der Waals surface area contributed by atoms with Gasteiger partial charge in [0.2, 0.25) is 0 Å². The van der Waals surface area contributed by atoms with Gasteiger partial charge in [-0.3, -0.25) is 9.59 Å². The topological polar surface area (TPSA) is 98.7 Å². The van der Waals surface area contributed by atoms with Gasteiger partial charge in [-0.15, -0.1) is 11.3 Å². The number of pyridine rings is 1. The zero-order valence-corrected chi connectivity index (χ0v) is 12.8. The average molecular weight is 385 g/mol. The third-order valence-electron chi connectivity index (χ3n) is 3.05. The number of nitrogens with one attached hydrogen (secondary N) is 1. The van der Waals surface area contributed by atoms with Crippen molar-refractivity contribution in [2.24, 2.45) is 5.11 Å². The minimum atomic E-state index is -1.50. The molecule has 0 aliphatic rings. The fourth-order valence-electron chi connectivity index (χ4n) is 2.16. The van der Waals surface area contributed by atoms with Gasteiger partial charge in [-0.1, -0.05) is 0 Å². The molecule has 110 valence electrons. The third kappa shape index (κ3) is 1.92. The Morgan fingerprint density at radius 1 is 1.41 bits per heavy atom. The highest BCUT2D eigenvalue weighted by molar-refractivity contribution is 9.10. The molecule has 1 amide bonds. The molecule has 0 atom stereocenters. The Balaban J connectivity index is 2.62. The summed E-state index contributed by atoms with van der Waals surface area (Å²) in [6.07, 6.45) is 0. The number of thiophene rings is 1. The number of amides is 1. The van der Waals surface area contributed by atoms with Crippen molar-refractivity contribution in [2.45, 2.75) is 0 Å². The number of carbonyl (C=O) groups is 1. The zero-order valence-electron chi connectivity index (χ0n) is 10.4. The number of halogens is 3. The molecule has 0 radical (unpaired) electrons. The van der Waals surface area contributed by atoms with Crippen LogP contribution in [0.1, 0.15) is 10.4 Å². The van der Waals surface area contributed by atoms with Gasteiger partial charge in [-0.2, -0.15) is 0 Å². The van der Waals surface area contributed by atoms with Crippen molar-refractivity contribution in [2.75, 3.05) is 0 Å². The average Bonchev–Trinajstić information content (AvgIpc) is 2.95. The first kappa shape index (κ1) is 14.6. The van der Waals surface area contributed by atoms with Gasteiger partial charge >= 0.3 is 0 Å². The highest BCUT2D eigenvalue weighted by Crippen LogP contribution is 2.36. The Bertz CT molecular complexity index is 1070. The summed E-state index contributed by atoms with van der Waals surface area (Å²) in [6.45, 7) is 0. The highest BCUT2D eigenvalue weighted by atomic mass is 79.9. The maximum absolute atomic E-state index is 14.2. The number of nitrogens with zero attached hydrogens (tertiary/aromatic N) is 3. The van der Waals surface area contributed by atoms with Crippen LogP contribution in [0.25, 0.3) is 31.4 Å². The molecule has 0 aliphatic carbocycles. The molecule has 2 heterocycles. The number of benzene rings is 1. The largest absolute Gasteiger partial charge is 0.318 e. The van der Waals surface area contributed by atoms with Crippen LogP contribution in [0.2, 0.25) is 0 Å².